The van der Waals surface area contributed by atoms with Crippen molar-refractivity contribution in [3.8, 4) is 5.88 Å². The van der Waals surface area contributed by atoms with E-state index in [2.05, 4.69) is 27.5 Å². The molecule has 0 aliphatic heterocycles. The Hall–Kier alpha value is -1.13. The van der Waals surface area contributed by atoms with Gasteiger partial charge in [0.05, 0.1) is 19.8 Å². The standard InChI is InChI=1S/C18H32N4O3.HI/c1-4-5-12-25-17-16(8-6-9-20-17)15-22-18(19-2)21-10-7-11-24-14-13-23-3;/h6,8-9H,4-5,7,10-15H2,1-3H3,(H2,19,21,22);1H. The van der Waals surface area contributed by atoms with Crippen LogP contribution in [0.2, 0.25) is 0 Å². The highest BCUT2D eigenvalue weighted by molar-refractivity contribution is 14.0. The summed E-state index contributed by atoms with van der Waals surface area (Å²) in [5.74, 6) is 1.44. The third kappa shape index (κ3) is 11.5. The Bertz CT molecular complexity index is 489. The van der Waals surface area contributed by atoms with Crippen LogP contribution < -0.4 is 15.4 Å². The number of hydrogen-bond acceptors (Lipinski definition) is 5. The number of pyridine rings is 1. The summed E-state index contributed by atoms with van der Waals surface area (Å²) in [5.41, 5.74) is 1.02. The van der Waals surface area contributed by atoms with Crippen LogP contribution in [-0.4, -0.2) is 58.1 Å². The van der Waals surface area contributed by atoms with Gasteiger partial charge in [-0.15, -0.1) is 24.0 Å². The van der Waals surface area contributed by atoms with Crippen molar-refractivity contribution in [1.82, 2.24) is 15.6 Å². The summed E-state index contributed by atoms with van der Waals surface area (Å²) in [6.07, 6.45) is 4.79. The summed E-state index contributed by atoms with van der Waals surface area (Å²) >= 11 is 0. The second-order valence-corrected chi connectivity index (χ2v) is 5.48. The third-order valence-electron chi connectivity index (χ3n) is 3.45. The molecule has 1 aromatic heterocycles. The van der Waals surface area contributed by atoms with Crippen molar-refractivity contribution in [2.24, 2.45) is 4.99 Å². The summed E-state index contributed by atoms with van der Waals surface area (Å²) in [5, 5.41) is 6.55. The van der Waals surface area contributed by atoms with Crippen LogP contribution in [0.3, 0.4) is 0 Å². The van der Waals surface area contributed by atoms with Crippen LogP contribution in [0.5, 0.6) is 5.88 Å². The molecule has 0 saturated carbocycles. The Balaban J connectivity index is 0.00000625. The van der Waals surface area contributed by atoms with Crippen molar-refractivity contribution in [2.75, 3.05) is 47.1 Å². The Morgan fingerprint density at radius 3 is 2.73 bits per heavy atom. The fourth-order valence-electron chi connectivity index (χ4n) is 2.03. The topological polar surface area (TPSA) is 77.0 Å². The van der Waals surface area contributed by atoms with Crippen LogP contribution >= 0.6 is 24.0 Å². The molecule has 2 N–H and O–H groups in total. The van der Waals surface area contributed by atoms with Crippen molar-refractivity contribution >= 4 is 29.9 Å². The van der Waals surface area contributed by atoms with E-state index in [1.54, 1.807) is 20.4 Å². The zero-order chi connectivity index (χ0) is 18.2. The van der Waals surface area contributed by atoms with Gasteiger partial charge >= 0.3 is 0 Å². The molecule has 0 saturated heterocycles. The van der Waals surface area contributed by atoms with E-state index in [-0.39, 0.29) is 24.0 Å². The van der Waals surface area contributed by atoms with Crippen LogP contribution in [0.4, 0.5) is 0 Å². The highest BCUT2D eigenvalue weighted by Gasteiger charge is 2.05. The van der Waals surface area contributed by atoms with Gasteiger partial charge in [-0.1, -0.05) is 19.4 Å². The first kappa shape index (κ1) is 24.9. The number of aromatic nitrogens is 1. The summed E-state index contributed by atoms with van der Waals surface area (Å²) < 4.78 is 16.1. The monoisotopic (exact) mass is 480 g/mol. The predicted octanol–water partition coefficient (Wildman–Crippen LogP) is 2.60. The zero-order valence-corrected chi connectivity index (χ0v) is 18.5. The SMILES string of the molecule is CCCCOc1ncccc1CNC(=NC)NCCCOCCOC.I. The van der Waals surface area contributed by atoms with Gasteiger partial charge < -0.3 is 24.8 Å². The molecule has 1 aromatic rings. The summed E-state index contributed by atoms with van der Waals surface area (Å²) in [7, 11) is 3.43. The minimum atomic E-state index is 0. The minimum Gasteiger partial charge on any atom is -0.477 e. The van der Waals surface area contributed by atoms with Crippen molar-refractivity contribution in [1.29, 1.82) is 0 Å². The highest BCUT2D eigenvalue weighted by Crippen LogP contribution is 2.14. The van der Waals surface area contributed by atoms with Crippen LogP contribution in [0.1, 0.15) is 31.7 Å². The van der Waals surface area contributed by atoms with Crippen LogP contribution in [0, 0.1) is 0 Å². The first-order valence-electron chi connectivity index (χ1n) is 8.89. The number of halogens is 1. The fraction of sp³-hybridized carbons (Fsp3) is 0.667. The summed E-state index contributed by atoms with van der Waals surface area (Å²) in [6, 6.07) is 3.93. The maximum absolute atomic E-state index is 5.75. The lowest BCUT2D eigenvalue weighted by Crippen LogP contribution is -2.37. The normalized spacial score (nSPS) is 11.0. The average Bonchev–Trinajstić information content (AvgIpc) is 2.64. The largest absolute Gasteiger partial charge is 0.477 e. The lowest BCUT2D eigenvalue weighted by Gasteiger charge is -2.14. The summed E-state index contributed by atoms with van der Waals surface area (Å²) in [6.45, 7) is 6.19. The molecule has 7 nitrogen and oxygen atoms in total. The highest BCUT2D eigenvalue weighted by atomic mass is 127. The van der Waals surface area contributed by atoms with Crippen molar-refractivity contribution in [3.63, 3.8) is 0 Å². The minimum absolute atomic E-state index is 0. The van der Waals surface area contributed by atoms with Gasteiger partial charge in [0.25, 0.3) is 0 Å². The molecule has 0 unspecified atom stereocenters. The molecule has 1 heterocycles. The Morgan fingerprint density at radius 1 is 1.15 bits per heavy atom. The number of hydrogen-bond donors (Lipinski definition) is 2. The lowest BCUT2D eigenvalue weighted by atomic mass is 10.2. The van der Waals surface area contributed by atoms with Crippen molar-refractivity contribution in [3.05, 3.63) is 23.9 Å². The van der Waals surface area contributed by atoms with Gasteiger partial charge in [-0.05, 0) is 18.9 Å². The van der Waals surface area contributed by atoms with Gasteiger partial charge in [0.1, 0.15) is 0 Å². The molecule has 1 rings (SSSR count). The quantitative estimate of drug-likeness (QED) is 0.196. The van der Waals surface area contributed by atoms with E-state index in [0.717, 1.165) is 37.3 Å². The first-order valence-corrected chi connectivity index (χ1v) is 8.89. The van der Waals surface area contributed by atoms with Crippen LogP contribution in [0.15, 0.2) is 23.3 Å². The van der Waals surface area contributed by atoms with Crippen molar-refractivity contribution < 1.29 is 14.2 Å². The molecule has 0 bridgehead atoms. The second-order valence-electron chi connectivity index (χ2n) is 5.48. The Morgan fingerprint density at radius 2 is 2.00 bits per heavy atom. The number of unbranched alkanes of at least 4 members (excludes halogenated alkanes) is 1. The molecule has 150 valence electrons. The van der Waals surface area contributed by atoms with E-state index in [1.165, 1.54) is 0 Å². The van der Waals surface area contributed by atoms with Crippen LogP contribution in [0.25, 0.3) is 0 Å². The molecule has 0 aliphatic carbocycles. The Labute approximate surface area is 174 Å². The number of methoxy groups -OCH3 is 1. The van der Waals surface area contributed by atoms with Gasteiger partial charge in [0.15, 0.2) is 5.96 Å². The smallest absolute Gasteiger partial charge is 0.218 e. The van der Waals surface area contributed by atoms with Gasteiger partial charge in [-0.2, -0.15) is 0 Å². The molecule has 0 aliphatic rings. The van der Waals surface area contributed by atoms with E-state index >= 15 is 0 Å². The Kier molecular flexibility index (Phi) is 16.5. The van der Waals surface area contributed by atoms with Gasteiger partial charge in [-0.3, -0.25) is 4.99 Å². The molecule has 0 aromatic carbocycles. The third-order valence-corrected chi connectivity index (χ3v) is 3.45. The number of aliphatic imine (C=N–C) groups is 1. The van der Waals surface area contributed by atoms with E-state index in [1.807, 2.05) is 12.1 Å². The first-order chi connectivity index (χ1) is 12.3. The second kappa shape index (κ2) is 17.3. The summed E-state index contributed by atoms with van der Waals surface area (Å²) in [4.78, 5) is 8.54. The maximum Gasteiger partial charge on any atom is 0.218 e. The van der Waals surface area contributed by atoms with E-state index in [9.17, 15) is 0 Å². The zero-order valence-electron chi connectivity index (χ0n) is 16.1. The van der Waals surface area contributed by atoms with Gasteiger partial charge in [-0.25, -0.2) is 4.98 Å². The van der Waals surface area contributed by atoms with Gasteiger partial charge in [0.2, 0.25) is 5.88 Å². The molecule has 0 radical (unpaired) electrons. The van der Waals surface area contributed by atoms with Crippen LogP contribution in [-0.2, 0) is 16.0 Å². The number of nitrogens with one attached hydrogen (secondary N) is 2. The molecule has 0 atom stereocenters. The molecule has 26 heavy (non-hydrogen) atoms. The number of nitrogens with zero attached hydrogens (tertiary/aromatic N) is 2. The predicted molar refractivity (Wildman–Crippen MR) is 116 cm³/mol. The number of guanidine groups is 1. The molecular formula is C18H33IN4O3. The van der Waals surface area contributed by atoms with E-state index < -0.39 is 0 Å². The van der Waals surface area contributed by atoms with Gasteiger partial charge in [0, 0.05) is 45.6 Å². The van der Waals surface area contributed by atoms with Crippen molar-refractivity contribution in [2.45, 2.75) is 32.7 Å². The maximum atomic E-state index is 5.75. The molecule has 0 amide bonds. The fourth-order valence-corrected chi connectivity index (χ4v) is 2.03. The lowest BCUT2D eigenvalue weighted by molar-refractivity contribution is 0.0698. The molecule has 8 heteroatoms. The van der Waals surface area contributed by atoms with E-state index in [4.69, 9.17) is 14.2 Å². The average molecular weight is 480 g/mol. The molecule has 0 fully saturated rings. The number of ether oxygens (including phenoxy) is 3. The molecule has 0 spiro atoms. The van der Waals surface area contributed by atoms with E-state index in [0.29, 0.717) is 38.9 Å². The number of rotatable bonds is 13. The molecular weight excluding hydrogens is 447 g/mol.